The molecule has 0 fully saturated rings. The number of aromatic nitrogens is 2. The zero-order valence-electron chi connectivity index (χ0n) is 7.80. The Morgan fingerprint density at radius 2 is 2.29 bits per heavy atom. The molecule has 3 nitrogen and oxygen atoms in total. The van der Waals surface area contributed by atoms with Crippen molar-refractivity contribution in [2.75, 3.05) is 6.61 Å². The Bertz CT molecular complexity index is 395. The van der Waals surface area contributed by atoms with E-state index in [1.54, 1.807) is 12.5 Å². The van der Waals surface area contributed by atoms with Gasteiger partial charge in [0.05, 0.1) is 6.33 Å². The fourth-order valence-corrected chi connectivity index (χ4v) is 1.41. The van der Waals surface area contributed by atoms with Gasteiger partial charge in [-0.25, -0.2) is 4.98 Å². The lowest BCUT2D eigenvalue weighted by Gasteiger charge is -2.04. The van der Waals surface area contributed by atoms with Crippen LogP contribution >= 0.6 is 0 Å². The number of aliphatic hydroxyl groups is 1. The van der Waals surface area contributed by atoms with E-state index in [2.05, 4.69) is 11.1 Å². The standard InChI is InChI=1S/C11H12N2O/c14-7-4-10-2-1-3-11(8-10)13-6-5-12-9-13/h1-3,5-6,8-9,14H,4,7H2. The zero-order valence-corrected chi connectivity index (χ0v) is 7.80. The third kappa shape index (κ3) is 1.83. The predicted molar refractivity (Wildman–Crippen MR) is 54.4 cm³/mol. The average molecular weight is 188 g/mol. The van der Waals surface area contributed by atoms with Crippen molar-refractivity contribution in [2.45, 2.75) is 6.42 Å². The van der Waals surface area contributed by atoms with E-state index in [1.165, 1.54) is 0 Å². The first-order valence-electron chi connectivity index (χ1n) is 4.58. The molecule has 0 radical (unpaired) electrons. The van der Waals surface area contributed by atoms with Crippen molar-refractivity contribution in [3.63, 3.8) is 0 Å². The summed E-state index contributed by atoms with van der Waals surface area (Å²) >= 11 is 0. The van der Waals surface area contributed by atoms with Crippen molar-refractivity contribution in [3.05, 3.63) is 48.5 Å². The molecular formula is C11H12N2O. The molecule has 2 aromatic rings. The molecule has 0 amide bonds. The van der Waals surface area contributed by atoms with Gasteiger partial charge in [0.15, 0.2) is 0 Å². The Balaban J connectivity index is 2.31. The molecule has 72 valence electrons. The molecule has 0 bridgehead atoms. The molecule has 0 spiro atoms. The monoisotopic (exact) mass is 188 g/mol. The summed E-state index contributed by atoms with van der Waals surface area (Å²) in [6.07, 6.45) is 6.11. The minimum absolute atomic E-state index is 0.188. The topological polar surface area (TPSA) is 38.0 Å². The zero-order chi connectivity index (χ0) is 9.80. The summed E-state index contributed by atoms with van der Waals surface area (Å²) in [6.45, 7) is 0.188. The molecule has 3 heteroatoms. The van der Waals surface area contributed by atoms with Crippen LogP contribution in [0.2, 0.25) is 0 Å². The van der Waals surface area contributed by atoms with E-state index in [4.69, 9.17) is 5.11 Å². The van der Waals surface area contributed by atoms with Crippen LogP contribution in [0, 0.1) is 0 Å². The van der Waals surface area contributed by atoms with Gasteiger partial charge in [0.25, 0.3) is 0 Å². The quantitative estimate of drug-likeness (QED) is 0.790. The first-order valence-corrected chi connectivity index (χ1v) is 4.58. The van der Waals surface area contributed by atoms with Crippen LogP contribution in [0.15, 0.2) is 43.0 Å². The largest absolute Gasteiger partial charge is 0.396 e. The molecule has 0 atom stereocenters. The number of aliphatic hydroxyl groups excluding tert-OH is 1. The van der Waals surface area contributed by atoms with Crippen LogP contribution in [0.5, 0.6) is 0 Å². The number of hydrogen-bond donors (Lipinski definition) is 1. The summed E-state index contributed by atoms with van der Waals surface area (Å²) in [4.78, 5) is 3.99. The lowest BCUT2D eigenvalue weighted by atomic mass is 10.1. The number of imidazole rings is 1. The Morgan fingerprint density at radius 3 is 3.00 bits per heavy atom. The highest BCUT2D eigenvalue weighted by atomic mass is 16.2. The normalized spacial score (nSPS) is 10.4. The molecular weight excluding hydrogens is 176 g/mol. The van der Waals surface area contributed by atoms with Crippen molar-refractivity contribution in [1.82, 2.24) is 9.55 Å². The Hall–Kier alpha value is -1.61. The summed E-state index contributed by atoms with van der Waals surface area (Å²) in [7, 11) is 0. The molecule has 14 heavy (non-hydrogen) atoms. The van der Waals surface area contributed by atoms with Crippen LogP contribution in [0.3, 0.4) is 0 Å². The summed E-state index contributed by atoms with van der Waals surface area (Å²) in [5.41, 5.74) is 2.21. The molecule has 0 aliphatic rings. The summed E-state index contributed by atoms with van der Waals surface area (Å²) in [6, 6.07) is 8.07. The van der Waals surface area contributed by atoms with E-state index in [1.807, 2.05) is 29.0 Å². The van der Waals surface area contributed by atoms with Crippen molar-refractivity contribution >= 4 is 0 Å². The molecule has 2 rings (SSSR count). The second-order valence-corrected chi connectivity index (χ2v) is 3.11. The van der Waals surface area contributed by atoms with Crippen molar-refractivity contribution < 1.29 is 5.11 Å². The first-order chi connectivity index (χ1) is 6.90. The van der Waals surface area contributed by atoms with Crippen molar-refractivity contribution in [2.24, 2.45) is 0 Å². The van der Waals surface area contributed by atoms with Crippen LogP contribution in [0.1, 0.15) is 5.56 Å². The van der Waals surface area contributed by atoms with Gasteiger partial charge in [-0.15, -0.1) is 0 Å². The average Bonchev–Trinajstić information content (AvgIpc) is 2.71. The SMILES string of the molecule is OCCc1cccc(-n2ccnc2)c1. The van der Waals surface area contributed by atoms with E-state index >= 15 is 0 Å². The minimum Gasteiger partial charge on any atom is -0.396 e. The van der Waals surface area contributed by atoms with Crippen LogP contribution < -0.4 is 0 Å². The van der Waals surface area contributed by atoms with Gasteiger partial charge < -0.3 is 9.67 Å². The highest BCUT2D eigenvalue weighted by Crippen LogP contribution is 2.10. The third-order valence-electron chi connectivity index (χ3n) is 2.11. The first kappa shape index (κ1) is 8.97. The van der Waals surface area contributed by atoms with Crippen LogP contribution in [-0.2, 0) is 6.42 Å². The molecule has 0 saturated carbocycles. The van der Waals surface area contributed by atoms with Crippen LogP contribution in [0.4, 0.5) is 0 Å². The smallest absolute Gasteiger partial charge is 0.0991 e. The molecule has 0 unspecified atom stereocenters. The van der Waals surface area contributed by atoms with E-state index in [-0.39, 0.29) is 6.61 Å². The molecule has 0 aliphatic heterocycles. The van der Waals surface area contributed by atoms with Crippen molar-refractivity contribution in [3.8, 4) is 5.69 Å². The number of rotatable bonds is 3. The van der Waals surface area contributed by atoms with Crippen molar-refractivity contribution in [1.29, 1.82) is 0 Å². The summed E-state index contributed by atoms with van der Waals surface area (Å²) in [5, 5.41) is 8.82. The van der Waals surface area contributed by atoms with Gasteiger partial charge in [-0.05, 0) is 24.1 Å². The second-order valence-electron chi connectivity index (χ2n) is 3.11. The molecule has 1 N–H and O–H groups in total. The number of nitrogens with zero attached hydrogens (tertiary/aromatic N) is 2. The number of hydrogen-bond acceptors (Lipinski definition) is 2. The lowest BCUT2D eigenvalue weighted by Crippen LogP contribution is -1.94. The second kappa shape index (κ2) is 4.07. The van der Waals surface area contributed by atoms with Crippen LogP contribution in [-0.4, -0.2) is 21.3 Å². The van der Waals surface area contributed by atoms with Gasteiger partial charge in [-0.1, -0.05) is 12.1 Å². The van der Waals surface area contributed by atoms with Gasteiger partial charge in [-0.2, -0.15) is 0 Å². The van der Waals surface area contributed by atoms with Gasteiger partial charge >= 0.3 is 0 Å². The fraction of sp³-hybridized carbons (Fsp3) is 0.182. The Morgan fingerprint density at radius 1 is 1.36 bits per heavy atom. The van der Waals surface area contributed by atoms with Gasteiger partial charge in [0.1, 0.15) is 0 Å². The maximum absolute atomic E-state index is 8.82. The maximum Gasteiger partial charge on any atom is 0.0991 e. The molecule has 0 saturated heterocycles. The fourth-order valence-electron chi connectivity index (χ4n) is 1.41. The van der Waals surface area contributed by atoms with E-state index in [0.717, 1.165) is 11.3 Å². The molecule has 1 heterocycles. The highest BCUT2D eigenvalue weighted by Gasteiger charge is 1.96. The lowest BCUT2D eigenvalue weighted by molar-refractivity contribution is 0.299. The van der Waals surface area contributed by atoms with Gasteiger partial charge in [-0.3, -0.25) is 0 Å². The summed E-state index contributed by atoms with van der Waals surface area (Å²) < 4.78 is 1.95. The van der Waals surface area contributed by atoms with E-state index < -0.39 is 0 Å². The Kier molecular flexibility index (Phi) is 2.60. The van der Waals surface area contributed by atoms with E-state index in [0.29, 0.717) is 6.42 Å². The third-order valence-corrected chi connectivity index (χ3v) is 2.11. The van der Waals surface area contributed by atoms with Gasteiger partial charge in [0, 0.05) is 24.7 Å². The highest BCUT2D eigenvalue weighted by molar-refractivity contribution is 5.35. The number of benzene rings is 1. The van der Waals surface area contributed by atoms with Gasteiger partial charge in [0.2, 0.25) is 0 Å². The van der Waals surface area contributed by atoms with E-state index in [9.17, 15) is 0 Å². The molecule has 1 aromatic carbocycles. The molecule has 1 aromatic heterocycles. The predicted octanol–water partition coefficient (Wildman–Crippen LogP) is 1.41. The minimum atomic E-state index is 0.188. The summed E-state index contributed by atoms with van der Waals surface area (Å²) in [5.74, 6) is 0. The van der Waals surface area contributed by atoms with Crippen LogP contribution in [0.25, 0.3) is 5.69 Å². The Labute approximate surface area is 82.7 Å². The molecule has 0 aliphatic carbocycles. The maximum atomic E-state index is 8.82.